The molecule has 1 fully saturated rings. The third-order valence-corrected chi connectivity index (χ3v) is 4.31. The lowest BCUT2D eigenvalue weighted by atomic mass is 10.2. The third-order valence-electron chi connectivity index (χ3n) is 4.11. The molecule has 2 aromatic carbocycles. The number of hydrogen-bond donors (Lipinski definition) is 2. The molecule has 2 N–H and O–H groups in total. The van der Waals surface area contributed by atoms with E-state index in [0.29, 0.717) is 12.2 Å². The Labute approximate surface area is 168 Å². The molecule has 146 valence electrons. The zero-order valence-electron chi connectivity index (χ0n) is 15.2. The van der Waals surface area contributed by atoms with E-state index < -0.39 is 0 Å². The highest BCUT2D eigenvalue weighted by Crippen LogP contribution is 2.18. The van der Waals surface area contributed by atoms with Crippen LogP contribution >= 0.6 is 12.2 Å². The van der Waals surface area contributed by atoms with E-state index in [1.54, 1.807) is 18.2 Å². The smallest absolute Gasteiger partial charge is 0.250 e. The van der Waals surface area contributed by atoms with Crippen LogP contribution < -0.4 is 15.4 Å². The number of benzene rings is 2. The molecule has 0 spiro atoms. The molecular weight excluding hydrogens is 379 g/mol. The molecule has 0 radical (unpaired) electrons. The Balaban J connectivity index is 1.43. The van der Waals surface area contributed by atoms with E-state index in [1.807, 2.05) is 24.3 Å². The minimum Gasteiger partial charge on any atom is -0.491 e. The zero-order chi connectivity index (χ0) is 19.8. The molecule has 28 heavy (non-hydrogen) atoms. The monoisotopic (exact) mass is 400 g/mol. The van der Waals surface area contributed by atoms with Crippen LogP contribution in [0.2, 0.25) is 0 Å². The number of amides is 1. The average molecular weight is 400 g/mol. The first kappa shape index (κ1) is 20.0. The number of carbonyl (C=O) groups excluding carboxylic acids is 1. The molecule has 0 aliphatic carbocycles. The van der Waals surface area contributed by atoms with Crippen LogP contribution in [0, 0.1) is 5.82 Å². The first-order valence-corrected chi connectivity index (χ1v) is 9.39. The van der Waals surface area contributed by atoms with Crippen molar-refractivity contribution in [1.82, 2.24) is 5.32 Å². The standard InChI is InChI=1S/C21H21FN2O3S/c22-16-6-3-15(4-7-16)5-12-20(25)24-21(28)23-17-8-10-18(11-9-17)27-14-19-2-1-13-26-19/h3-12,19H,1-2,13-14H2,(H2,23,24,25,28)/b12-5+/t19-/m0/s1. The van der Waals surface area contributed by atoms with Gasteiger partial charge in [-0.15, -0.1) is 0 Å². The molecular formula is C21H21FN2O3S. The molecule has 1 aliphatic heterocycles. The first-order chi connectivity index (χ1) is 13.6. The van der Waals surface area contributed by atoms with Gasteiger partial charge in [0.25, 0.3) is 0 Å². The second kappa shape index (κ2) is 9.96. The van der Waals surface area contributed by atoms with Gasteiger partial charge in [0.05, 0.1) is 6.10 Å². The topological polar surface area (TPSA) is 59.6 Å². The van der Waals surface area contributed by atoms with Crippen LogP contribution in [0.25, 0.3) is 6.08 Å². The SMILES string of the molecule is O=C(/C=C/c1ccc(F)cc1)NC(=S)Nc1ccc(OC[C@@H]2CCCO2)cc1. The van der Waals surface area contributed by atoms with E-state index in [4.69, 9.17) is 21.7 Å². The molecule has 3 rings (SSSR count). The minimum atomic E-state index is -0.377. The highest BCUT2D eigenvalue weighted by Gasteiger charge is 2.15. The molecule has 1 saturated heterocycles. The predicted octanol–water partition coefficient (Wildman–Crippen LogP) is 3.91. The van der Waals surface area contributed by atoms with Crippen molar-refractivity contribution in [3.8, 4) is 5.75 Å². The number of carbonyl (C=O) groups is 1. The normalized spacial score (nSPS) is 16.1. The highest BCUT2D eigenvalue weighted by molar-refractivity contribution is 7.80. The summed E-state index contributed by atoms with van der Waals surface area (Å²) in [5, 5.41) is 5.68. The van der Waals surface area contributed by atoms with Crippen molar-refractivity contribution >= 4 is 35.0 Å². The zero-order valence-corrected chi connectivity index (χ0v) is 16.0. The van der Waals surface area contributed by atoms with Crippen molar-refractivity contribution in [2.75, 3.05) is 18.5 Å². The summed E-state index contributed by atoms with van der Waals surface area (Å²) in [5.74, 6) is 0.0480. The van der Waals surface area contributed by atoms with Gasteiger partial charge in [-0.1, -0.05) is 12.1 Å². The van der Waals surface area contributed by atoms with Crippen molar-refractivity contribution in [2.24, 2.45) is 0 Å². The van der Waals surface area contributed by atoms with Crippen LogP contribution in [0.5, 0.6) is 5.75 Å². The van der Waals surface area contributed by atoms with Gasteiger partial charge in [-0.3, -0.25) is 10.1 Å². The number of nitrogens with one attached hydrogen (secondary N) is 2. The van der Waals surface area contributed by atoms with E-state index >= 15 is 0 Å². The number of ether oxygens (including phenoxy) is 2. The van der Waals surface area contributed by atoms with Crippen LogP contribution in [0.4, 0.5) is 10.1 Å². The Hall–Kier alpha value is -2.77. The van der Waals surface area contributed by atoms with E-state index in [1.165, 1.54) is 18.2 Å². The summed E-state index contributed by atoms with van der Waals surface area (Å²) in [4.78, 5) is 11.9. The van der Waals surface area contributed by atoms with Gasteiger partial charge in [-0.25, -0.2) is 4.39 Å². The number of hydrogen-bond acceptors (Lipinski definition) is 4. The summed E-state index contributed by atoms with van der Waals surface area (Å²) in [7, 11) is 0. The maximum absolute atomic E-state index is 12.9. The van der Waals surface area contributed by atoms with Crippen LogP contribution in [0.1, 0.15) is 18.4 Å². The summed E-state index contributed by atoms with van der Waals surface area (Å²) in [6, 6.07) is 13.1. The predicted molar refractivity (Wildman–Crippen MR) is 111 cm³/mol. The summed E-state index contributed by atoms with van der Waals surface area (Å²) in [6.07, 6.45) is 5.20. The Bertz CT molecular complexity index is 832. The number of anilines is 1. The molecule has 1 heterocycles. The van der Waals surface area contributed by atoms with Crippen LogP contribution in [0.15, 0.2) is 54.6 Å². The van der Waals surface area contributed by atoms with Crippen molar-refractivity contribution in [2.45, 2.75) is 18.9 Å². The largest absolute Gasteiger partial charge is 0.491 e. The second-order valence-corrected chi connectivity index (χ2v) is 6.71. The molecule has 7 heteroatoms. The quantitative estimate of drug-likeness (QED) is 0.569. The van der Waals surface area contributed by atoms with Crippen molar-refractivity contribution in [1.29, 1.82) is 0 Å². The molecule has 0 saturated carbocycles. The molecule has 0 aromatic heterocycles. The van der Waals surface area contributed by atoms with Gasteiger partial charge in [0.1, 0.15) is 18.2 Å². The van der Waals surface area contributed by atoms with Crippen LogP contribution in [0.3, 0.4) is 0 Å². The van der Waals surface area contributed by atoms with Crippen LogP contribution in [-0.2, 0) is 9.53 Å². The number of thiocarbonyl (C=S) groups is 1. The van der Waals surface area contributed by atoms with E-state index in [2.05, 4.69) is 10.6 Å². The lowest BCUT2D eigenvalue weighted by Crippen LogP contribution is -2.32. The fourth-order valence-electron chi connectivity index (χ4n) is 2.66. The minimum absolute atomic E-state index is 0.170. The van der Waals surface area contributed by atoms with Gasteiger partial charge in [-0.05, 0) is 73.1 Å². The van der Waals surface area contributed by atoms with Gasteiger partial charge >= 0.3 is 0 Å². The van der Waals surface area contributed by atoms with E-state index in [-0.39, 0.29) is 22.9 Å². The third kappa shape index (κ3) is 6.44. The van der Waals surface area contributed by atoms with Gasteiger partial charge in [-0.2, -0.15) is 0 Å². The van der Waals surface area contributed by atoms with E-state index in [0.717, 1.165) is 30.9 Å². The molecule has 1 aliphatic rings. The maximum Gasteiger partial charge on any atom is 0.250 e. The first-order valence-electron chi connectivity index (χ1n) is 8.98. The van der Waals surface area contributed by atoms with Gasteiger partial charge < -0.3 is 14.8 Å². The maximum atomic E-state index is 12.9. The molecule has 1 amide bonds. The molecule has 2 aromatic rings. The Morgan fingerprint density at radius 2 is 1.96 bits per heavy atom. The fourth-order valence-corrected chi connectivity index (χ4v) is 2.88. The van der Waals surface area contributed by atoms with E-state index in [9.17, 15) is 9.18 Å². The molecule has 5 nitrogen and oxygen atoms in total. The average Bonchev–Trinajstić information content (AvgIpc) is 3.20. The van der Waals surface area contributed by atoms with Crippen molar-refractivity contribution < 1.29 is 18.7 Å². The Kier molecular flexibility index (Phi) is 7.11. The molecule has 0 bridgehead atoms. The number of halogens is 1. The van der Waals surface area contributed by atoms with Crippen LogP contribution in [-0.4, -0.2) is 30.3 Å². The van der Waals surface area contributed by atoms with Gasteiger partial charge in [0.15, 0.2) is 5.11 Å². The molecule has 1 atom stereocenters. The highest BCUT2D eigenvalue weighted by atomic mass is 32.1. The number of rotatable bonds is 6. The Morgan fingerprint density at radius 3 is 2.64 bits per heavy atom. The lowest BCUT2D eigenvalue weighted by Gasteiger charge is -2.12. The fraction of sp³-hybridized carbons (Fsp3) is 0.238. The lowest BCUT2D eigenvalue weighted by molar-refractivity contribution is -0.115. The van der Waals surface area contributed by atoms with Gasteiger partial charge in [0.2, 0.25) is 5.91 Å². The van der Waals surface area contributed by atoms with Crippen molar-refractivity contribution in [3.63, 3.8) is 0 Å². The summed E-state index contributed by atoms with van der Waals surface area (Å²) < 4.78 is 24.1. The second-order valence-electron chi connectivity index (χ2n) is 6.30. The summed E-state index contributed by atoms with van der Waals surface area (Å²) in [5.41, 5.74) is 1.45. The molecule has 0 unspecified atom stereocenters. The Morgan fingerprint density at radius 1 is 1.21 bits per heavy atom. The summed E-state index contributed by atoms with van der Waals surface area (Å²) >= 11 is 5.14. The summed E-state index contributed by atoms with van der Waals surface area (Å²) in [6.45, 7) is 1.35. The van der Waals surface area contributed by atoms with Gasteiger partial charge in [0, 0.05) is 18.4 Å². The van der Waals surface area contributed by atoms with Crippen molar-refractivity contribution in [3.05, 3.63) is 66.0 Å².